The van der Waals surface area contributed by atoms with Crippen LogP contribution in [0.1, 0.15) is 23.6 Å². The van der Waals surface area contributed by atoms with Gasteiger partial charge in [-0.25, -0.2) is 0 Å². The van der Waals surface area contributed by atoms with Crippen molar-refractivity contribution in [3.05, 3.63) is 59.2 Å². The number of amidine groups is 1. The fourth-order valence-corrected chi connectivity index (χ4v) is 3.32. The quantitative estimate of drug-likeness (QED) is 0.461. The van der Waals surface area contributed by atoms with E-state index in [4.69, 9.17) is 10.5 Å². The van der Waals surface area contributed by atoms with Crippen LogP contribution in [-0.2, 0) is 6.42 Å². The molecule has 0 fully saturated rings. The van der Waals surface area contributed by atoms with E-state index in [1.807, 2.05) is 18.2 Å². The molecule has 0 radical (unpaired) electrons. The largest absolute Gasteiger partial charge is 0.497 e. The summed E-state index contributed by atoms with van der Waals surface area (Å²) in [5, 5.41) is 0.357. The number of aliphatic imine (C=N–C) groups is 1. The van der Waals surface area contributed by atoms with Gasteiger partial charge in [0, 0.05) is 16.6 Å². The zero-order valence-corrected chi connectivity index (χ0v) is 15.7. The van der Waals surface area contributed by atoms with Gasteiger partial charge in [-0.05, 0) is 48.7 Å². The summed E-state index contributed by atoms with van der Waals surface area (Å²) in [7, 11) is 1.69. The van der Waals surface area contributed by atoms with Gasteiger partial charge < -0.3 is 10.5 Å². The van der Waals surface area contributed by atoms with Crippen molar-refractivity contribution in [1.29, 1.82) is 0 Å². The molecule has 1 atom stereocenters. The van der Waals surface area contributed by atoms with E-state index in [1.165, 1.54) is 21.6 Å². The van der Waals surface area contributed by atoms with Crippen LogP contribution in [0.2, 0.25) is 0 Å². The number of aryl methyl sites for hydroxylation is 2. The van der Waals surface area contributed by atoms with E-state index in [1.54, 1.807) is 18.9 Å². The molecule has 0 aliphatic rings. The molecule has 0 heterocycles. The van der Waals surface area contributed by atoms with Crippen LogP contribution < -0.4 is 10.5 Å². The highest BCUT2D eigenvalue weighted by atomic mass is 32.2. The molecule has 2 N–H and O–H groups in total. The Hall–Kier alpha value is -1.94. The summed E-state index contributed by atoms with van der Waals surface area (Å²) in [6.45, 7) is 7.11. The smallest absolute Gasteiger partial charge is 0.119 e. The molecular weight excluding hydrogens is 316 g/mol. The van der Waals surface area contributed by atoms with Crippen LogP contribution in [0, 0.1) is 13.8 Å². The second-order valence-electron chi connectivity index (χ2n) is 6.03. The lowest BCUT2D eigenvalue weighted by molar-refractivity contribution is 0.413. The molecule has 2 aromatic carbocycles. The van der Waals surface area contributed by atoms with E-state index in [0.717, 1.165) is 5.75 Å². The van der Waals surface area contributed by atoms with Gasteiger partial charge in [0.1, 0.15) is 5.75 Å². The van der Waals surface area contributed by atoms with Crippen LogP contribution in [0.4, 0.5) is 0 Å². The Morgan fingerprint density at radius 3 is 2.67 bits per heavy atom. The number of benzene rings is 2. The van der Waals surface area contributed by atoms with Crippen LogP contribution in [0.5, 0.6) is 5.75 Å². The zero-order chi connectivity index (χ0) is 17.5. The van der Waals surface area contributed by atoms with Crippen LogP contribution in [-0.4, -0.2) is 24.7 Å². The van der Waals surface area contributed by atoms with E-state index in [-0.39, 0.29) is 0 Å². The Labute approximate surface area is 149 Å². The van der Waals surface area contributed by atoms with E-state index in [0.29, 0.717) is 24.1 Å². The maximum absolute atomic E-state index is 6.10. The third-order valence-electron chi connectivity index (χ3n) is 3.89. The van der Waals surface area contributed by atoms with E-state index in [2.05, 4.69) is 50.0 Å². The number of thioether (sulfide) groups is 1. The van der Waals surface area contributed by atoms with E-state index < -0.39 is 0 Å². The average Bonchev–Trinajstić information content (AvgIpc) is 2.56. The normalized spacial score (nSPS) is 12.9. The number of hydrogen-bond acceptors (Lipinski definition) is 3. The van der Waals surface area contributed by atoms with Crippen molar-refractivity contribution in [1.82, 2.24) is 0 Å². The second kappa shape index (κ2) is 8.78. The lowest BCUT2D eigenvalue weighted by Crippen LogP contribution is -2.17. The van der Waals surface area contributed by atoms with Crippen molar-refractivity contribution in [3.8, 4) is 5.75 Å². The molecule has 3 nitrogen and oxygen atoms in total. The number of nitrogens with zero attached hydrogens (tertiary/aromatic N) is 1. The van der Waals surface area contributed by atoms with Gasteiger partial charge in [0.05, 0.1) is 19.5 Å². The highest BCUT2D eigenvalue weighted by Crippen LogP contribution is 2.26. The minimum absolute atomic E-state index is 0.357. The maximum Gasteiger partial charge on any atom is 0.119 e. The third-order valence-corrected chi connectivity index (χ3v) is 4.96. The Morgan fingerprint density at radius 1 is 1.17 bits per heavy atom. The molecule has 2 aromatic rings. The minimum Gasteiger partial charge on any atom is -0.497 e. The Bertz CT molecular complexity index is 713. The van der Waals surface area contributed by atoms with E-state index >= 15 is 0 Å². The molecule has 0 bridgehead atoms. The molecule has 0 amide bonds. The number of rotatable bonds is 7. The molecule has 1 unspecified atom stereocenters. The number of hydrogen-bond donors (Lipinski definition) is 1. The first-order valence-electron chi connectivity index (χ1n) is 8.13. The summed E-state index contributed by atoms with van der Waals surface area (Å²) in [5.74, 6) is 1.57. The summed E-state index contributed by atoms with van der Waals surface area (Å²) >= 11 is 1.78. The molecule has 24 heavy (non-hydrogen) atoms. The van der Waals surface area contributed by atoms with Gasteiger partial charge in [-0.15, -0.1) is 11.8 Å². The van der Waals surface area contributed by atoms with Gasteiger partial charge in [0.2, 0.25) is 0 Å². The van der Waals surface area contributed by atoms with Crippen molar-refractivity contribution in [3.63, 3.8) is 0 Å². The average molecular weight is 343 g/mol. The van der Waals surface area contributed by atoms with Crippen molar-refractivity contribution in [2.45, 2.75) is 37.3 Å². The molecule has 0 aromatic heterocycles. The highest BCUT2D eigenvalue weighted by molar-refractivity contribution is 8.00. The van der Waals surface area contributed by atoms with Gasteiger partial charge in [-0.3, -0.25) is 4.99 Å². The van der Waals surface area contributed by atoms with Crippen LogP contribution in [0.15, 0.2) is 52.4 Å². The summed E-state index contributed by atoms with van der Waals surface area (Å²) in [6, 6.07) is 14.5. The van der Waals surface area contributed by atoms with Gasteiger partial charge in [-0.2, -0.15) is 0 Å². The lowest BCUT2D eigenvalue weighted by atomic mass is 10.0. The summed E-state index contributed by atoms with van der Waals surface area (Å²) in [6.07, 6.45) is 0.706. The van der Waals surface area contributed by atoms with Crippen molar-refractivity contribution in [2.24, 2.45) is 10.7 Å². The predicted octanol–water partition coefficient (Wildman–Crippen LogP) is 4.39. The highest BCUT2D eigenvalue weighted by Gasteiger charge is 2.06. The first-order chi connectivity index (χ1) is 11.5. The predicted molar refractivity (Wildman–Crippen MR) is 104 cm³/mol. The standard InChI is InChI=1S/C20H26N2OS/c1-14-8-9-17(10-15(14)2)11-20(21)22-13-16(3)24-19-7-5-6-18(12-19)23-4/h5-10,12,16H,11,13H2,1-4H3,(H2,21,22). The Morgan fingerprint density at radius 2 is 1.96 bits per heavy atom. The number of methoxy groups -OCH3 is 1. The van der Waals surface area contributed by atoms with Gasteiger partial charge in [0.25, 0.3) is 0 Å². The molecular formula is C20H26N2OS. The number of nitrogens with two attached hydrogens (primary N) is 1. The first-order valence-corrected chi connectivity index (χ1v) is 9.01. The van der Waals surface area contributed by atoms with Crippen LogP contribution >= 0.6 is 11.8 Å². The molecule has 0 aliphatic carbocycles. The molecule has 0 saturated carbocycles. The fraction of sp³-hybridized carbons (Fsp3) is 0.350. The van der Waals surface area contributed by atoms with Crippen molar-refractivity contribution in [2.75, 3.05) is 13.7 Å². The van der Waals surface area contributed by atoms with Crippen LogP contribution in [0.3, 0.4) is 0 Å². The maximum atomic E-state index is 6.10. The minimum atomic E-state index is 0.357. The van der Waals surface area contributed by atoms with Gasteiger partial charge >= 0.3 is 0 Å². The topological polar surface area (TPSA) is 47.6 Å². The second-order valence-corrected chi connectivity index (χ2v) is 7.55. The monoisotopic (exact) mass is 342 g/mol. The molecule has 0 aliphatic heterocycles. The molecule has 128 valence electrons. The van der Waals surface area contributed by atoms with E-state index in [9.17, 15) is 0 Å². The summed E-state index contributed by atoms with van der Waals surface area (Å²) in [5.41, 5.74) is 9.91. The zero-order valence-electron chi connectivity index (χ0n) is 14.9. The summed E-state index contributed by atoms with van der Waals surface area (Å²) in [4.78, 5) is 5.74. The third kappa shape index (κ3) is 5.60. The van der Waals surface area contributed by atoms with Crippen LogP contribution in [0.25, 0.3) is 0 Å². The van der Waals surface area contributed by atoms with Gasteiger partial charge in [0.15, 0.2) is 0 Å². The number of ether oxygens (including phenoxy) is 1. The summed E-state index contributed by atoms with van der Waals surface area (Å²) < 4.78 is 5.26. The first kappa shape index (κ1) is 18.4. The molecule has 0 spiro atoms. The molecule has 4 heteroatoms. The molecule has 2 rings (SSSR count). The van der Waals surface area contributed by atoms with Crippen molar-refractivity contribution >= 4 is 17.6 Å². The van der Waals surface area contributed by atoms with Gasteiger partial charge in [-0.1, -0.05) is 31.2 Å². The SMILES string of the molecule is COc1cccc(SC(C)CN=C(N)Cc2ccc(C)c(C)c2)c1. The fourth-order valence-electron chi connectivity index (χ4n) is 2.37. The Kier molecular flexibility index (Phi) is 6.73. The Balaban J connectivity index is 1.89. The van der Waals surface area contributed by atoms with Crippen molar-refractivity contribution < 1.29 is 4.74 Å². The molecule has 0 saturated heterocycles. The lowest BCUT2D eigenvalue weighted by Gasteiger charge is -2.10.